The van der Waals surface area contributed by atoms with Gasteiger partial charge >= 0.3 is 0 Å². The van der Waals surface area contributed by atoms with Crippen LogP contribution in [0.25, 0.3) is 86.6 Å². The molecule has 0 spiro atoms. The standard InChI is InChI=1S/C61H43NS/c1-61(2)53-37-34-44(39-52(53)59-46-22-10-9-19-42(46)33-38-54(59)61)47-25-16-29-56(58(47)43-20-7-4-8-21-43)62(45-35-31-41(32-36-45)40-17-5-3-6-18-40)55-28-13-11-23-48(55)50-26-15-27-51-49-24-12-14-30-57(49)63-60(50)51/h3-39H,1-2H3. The fraction of sp³-hybridized carbons (Fsp3) is 0.0492. The van der Waals surface area contributed by atoms with E-state index in [9.17, 15) is 0 Å². The first-order chi connectivity index (χ1) is 31.0. The molecule has 0 N–H and O–H groups in total. The summed E-state index contributed by atoms with van der Waals surface area (Å²) in [5.74, 6) is 0. The summed E-state index contributed by atoms with van der Waals surface area (Å²) in [6.07, 6.45) is 0. The number of benzene rings is 10. The lowest BCUT2D eigenvalue weighted by atomic mass is 9.81. The maximum absolute atomic E-state index is 2.50. The van der Waals surface area contributed by atoms with Crippen molar-refractivity contribution >= 4 is 59.3 Å². The van der Waals surface area contributed by atoms with E-state index in [1.807, 2.05) is 11.3 Å². The Morgan fingerprint density at radius 1 is 0.365 bits per heavy atom. The van der Waals surface area contributed by atoms with Crippen molar-refractivity contribution in [3.63, 3.8) is 0 Å². The van der Waals surface area contributed by atoms with Gasteiger partial charge in [0, 0.05) is 48.0 Å². The number of thiophene rings is 1. The Hall–Kier alpha value is -7.52. The van der Waals surface area contributed by atoms with Crippen molar-refractivity contribution < 1.29 is 0 Å². The molecule has 298 valence electrons. The third-order valence-electron chi connectivity index (χ3n) is 13.3. The van der Waals surface area contributed by atoms with Crippen LogP contribution in [0.15, 0.2) is 224 Å². The quantitative estimate of drug-likeness (QED) is 0.155. The van der Waals surface area contributed by atoms with E-state index in [1.54, 1.807) is 0 Å². The highest BCUT2D eigenvalue weighted by atomic mass is 32.1. The molecule has 1 aliphatic carbocycles. The monoisotopic (exact) mass is 821 g/mol. The van der Waals surface area contributed by atoms with Crippen LogP contribution in [0.1, 0.15) is 25.0 Å². The lowest BCUT2D eigenvalue weighted by Crippen LogP contribution is -2.14. The number of fused-ring (bicyclic) bond motifs is 8. The van der Waals surface area contributed by atoms with Crippen molar-refractivity contribution in [2.45, 2.75) is 19.3 Å². The molecular formula is C61H43NS. The van der Waals surface area contributed by atoms with E-state index in [0.29, 0.717) is 0 Å². The van der Waals surface area contributed by atoms with Crippen LogP contribution in [-0.4, -0.2) is 0 Å². The summed E-state index contributed by atoms with van der Waals surface area (Å²) >= 11 is 1.88. The molecule has 0 aliphatic heterocycles. The van der Waals surface area contributed by atoms with Gasteiger partial charge in [0.25, 0.3) is 0 Å². The van der Waals surface area contributed by atoms with Crippen molar-refractivity contribution in [1.29, 1.82) is 0 Å². The first-order valence-electron chi connectivity index (χ1n) is 21.8. The van der Waals surface area contributed by atoms with Crippen LogP contribution >= 0.6 is 11.3 Å². The van der Waals surface area contributed by atoms with E-state index in [-0.39, 0.29) is 5.41 Å². The smallest absolute Gasteiger partial charge is 0.0546 e. The number of hydrogen-bond donors (Lipinski definition) is 0. The zero-order valence-corrected chi connectivity index (χ0v) is 36.0. The Morgan fingerprint density at radius 2 is 0.952 bits per heavy atom. The Kier molecular flexibility index (Phi) is 8.77. The van der Waals surface area contributed by atoms with Gasteiger partial charge in [-0.25, -0.2) is 0 Å². The van der Waals surface area contributed by atoms with E-state index in [2.05, 4.69) is 243 Å². The number of para-hydroxylation sites is 1. The molecule has 1 heterocycles. The summed E-state index contributed by atoms with van der Waals surface area (Å²) in [5, 5.41) is 5.18. The molecule has 12 rings (SSSR count). The number of hydrogen-bond acceptors (Lipinski definition) is 2. The van der Waals surface area contributed by atoms with Gasteiger partial charge in [-0.05, 0) is 97.2 Å². The normalized spacial score (nSPS) is 12.7. The second-order valence-electron chi connectivity index (χ2n) is 17.2. The average molecular weight is 822 g/mol. The molecule has 0 unspecified atom stereocenters. The average Bonchev–Trinajstić information content (AvgIpc) is 3.84. The predicted molar refractivity (Wildman–Crippen MR) is 271 cm³/mol. The largest absolute Gasteiger partial charge is 0.309 e. The van der Waals surface area contributed by atoms with E-state index in [4.69, 9.17) is 0 Å². The Balaban J connectivity index is 1.11. The SMILES string of the molecule is CC1(C)c2ccc(-c3cccc(N(c4ccc(-c5ccccc5)cc4)c4ccccc4-c4cccc5c4sc4ccccc45)c3-c3ccccc3)cc2-c2c1ccc1ccccc21. The van der Waals surface area contributed by atoms with Gasteiger partial charge < -0.3 is 4.90 Å². The molecule has 2 heteroatoms. The molecule has 0 amide bonds. The highest BCUT2D eigenvalue weighted by Gasteiger charge is 2.37. The van der Waals surface area contributed by atoms with Crippen molar-refractivity contribution in [2.24, 2.45) is 0 Å². The second-order valence-corrected chi connectivity index (χ2v) is 18.3. The number of nitrogens with zero attached hydrogens (tertiary/aromatic N) is 1. The summed E-state index contributed by atoms with van der Waals surface area (Å²) < 4.78 is 2.61. The van der Waals surface area contributed by atoms with Crippen LogP contribution in [0.4, 0.5) is 17.1 Å². The Bertz CT molecular complexity index is 3520. The summed E-state index contributed by atoms with van der Waals surface area (Å²) in [5.41, 5.74) is 18.3. The van der Waals surface area contributed by atoms with Crippen LogP contribution < -0.4 is 4.90 Å². The molecule has 10 aromatic carbocycles. The van der Waals surface area contributed by atoms with Gasteiger partial charge in [-0.15, -0.1) is 11.3 Å². The third kappa shape index (κ3) is 6.05. The highest BCUT2D eigenvalue weighted by Crippen LogP contribution is 2.54. The fourth-order valence-electron chi connectivity index (χ4n) is 10.3. The van der Waals surface area contributed by atoms with Gasteiger partial charge in [0.05, 0.1) is 11.4 Å². The predicted octanol–water partition coefficient (Wildman–Crippen LogP) is 17.7. The Morgan fingerprint density at radius 3 is 1.78 bits per heavy atom. The molecule has 0 fully saturated rings. The van der Waals surface area contributed by atoms with Gasteiger partial charge in [0.2, 0.25) is 0 Å². The summed E-state index contributed by atoms with van der Waals surface area (Å²) in [4.78, 5) is 2.50. The zero-order valence-electron chi connectivity index (χ0n) is 35.2. The first-order valence-corrected chi connectivity index (χ1v) is 22.7. The molecule has 63 heavy (non-hydrogen) atoms. The van der Waals surface area contributed by atoms with Crippen molar-refractivity contribution in [2.75, 3.05) is 4.90 Å². The van der Waals surface area contributed by atoms with Crippen molar-refractivity contribution in [1.82, 2.24) is 0 Å². The molecular weight excluding hydrogens is 779 g/mol. The van der Waals surface area contributed by atoms with E-state index in [0.717, 1.165) is 17.1 Å². The van der Waals surface area contributed by atoms with Crippen molar-refractivity contribution in [3.05, 3.63) is 236 Å². The highest BCUT2D eigenvalue weighted by molar-refractivity contribution is 7.26. The fourth-order valence-corrected chi connectivity index (χ4v) is 11.5. The summed E-state index contributed by atoms with van der Waals surface area (Å²) in [6, 6.07) is 82.9. The minimum absolute atomic E-state index is 0.110. The maximum atomic E-state index is 2.50. The van der Waals surface area contributed by atoms with E-state index < -0.39 is 0 Å². The van der Waals surface area contributed by atoms with Gasteiger partial charge in [-0.2, -0.15) is 0 Å². The van der Waals surface area contributed by atoms with Gasteiger partial charge in [-0.1, -0.05) is 202 Å². The topological polar surface area (TPSA) is 3.24 Å². The van der Waals surface area contributed by atoms with Gasteiger partial charge in [0.1, 0.15) is 0 Å². The molecule has 0 bridgehead atoms. The molecule has 0 saturated heterocycles. The number of anilines is 3. The molecule has 1 aromatic heterocycles. The van der Waals surface area contributed by atoms with Gasteiger partial charge in [0.15, 0.2) is 0 Å². The van der Waals surface area contributed by atoms with Gasteiger partial charge in [-0.3, -0.25) is 0 Å². The lowest BCUT2D eigenvalue weighted by Gasteiger charge is -2.31. The molecule has 0 atom stereocenters. The lowest BCUT2D eigenvalue weighted by molar-refractivity contribution is 0.661. The maximum Gasteiger partial charge on any atom is 0.0546 e. The molecule has 11 aromatic rings. The zero-order chi connectivity index (χ0) is 42.1. The minimum Gasteiger partial charge on any atom is -0.309 e. The third-order valence-corrected chi connectivity index (χ3v) is 14.5. The first kappa shape index (κ1) is 37.3. The minimum atomic E-state index is -0.110. The Labute approximate surface area is 372 Å². The second kappa shape index (κ2) is 14.8. The molecule has 1 aliphatic rings. The van der Waals surface area contributed by atoms with Crippen molar-refractivity contribution in [3.8, 4) is 55.6 Å². The summed E-state index contributed by atoms with van der Waals surface area (Å²) in [7, 11) is 0. The van der Waals surface area contributed by atoms with Crippen LogP contribution in [0.3, 0.4) is 0 Å². The molecule has 0 saturated carbocycles. The summed E-state index contributed by atoms with van der Waals surface area (Å²) in [6.45, 7) is 4.75. The van der Waals surface area contributed by atoms with E-state index >= 15 is 0 Å². The van der Waals surface area contributed by atoms with Crippen LogP contribution in [0, 0.1) is 0 Å². The van der Waals surface area contributed by atoms with E-state index in [1.165, 1.54) is 97.7 Å². The van der Waals surface area contributed by atoms with Crippen LogP contribution in [-0.2, 0) is 5.41 Å². The van der Waals surface area contributed by atoms with Crippen LogP contribution in [0.5, 0.6) is 0 Å². The number of rotatable bonds is 7. The molecule has 1 nitrogen and oxygen atoms in total. The van der Waals surface area contributed by atoms with Crippen LogP contribution in [0.2, 0.25) is 0 Å². The molecule has 0 radical (unpaired) electrons.